The third-order valence-corrected chi connectivity index (χ3v) is 4.68. The van der Waals surface area contributed by atoms with Crippen molar-refractivity contribution in [2.75, 3.05) is 19.6 Å². The highest BCUT2D eigenvalue weighted by atomic mass is 16.6. The van der Waals surface area contributed by atoms with Gasteiger partial charge in [0.15, 0.2) is 0 Å². The molecule has 1 rings (SSSR count). The molecule has 0 spiro atoms. The van der Waals surface area contributed by atoms with Crippen molar-refractivity contribution in [1.29, 1.82) is 0 Å². The fourth-order valence-electron chi connectivity index (χ4n) is 3.27. The van der Waals surface area contributed by atoms with Gasteiger partial charge in [0.2, 0.25) is 11.8 Å². The van der Waals surface area contributed by atoms with Crippen LogP contribution in [-0.4, -0.2) is 48.0 Å². The average molecular weight is 434 g/mol. The molecule has 0 fully saturated rings. The number of carbonyl (C=O) groups excluding carboxylic acids is 3. The van der Waals surface area contributed by atoms with E-state index in [0.717, 1.165) is 29.5 Å². The Bertz CT molecular complexity index is 756. The van der Waals surface area contributed by atoms with Crippen LogP contribution in [0.25, 0.3) is 0 Å². The maximum Gasteiger partial charge on any atom is 0.408 e. The SMILES string of the molecule is CCCCNC(=O)C(c1ccc(C)cc1C)N(CCC)C(=O)CNC(=O)OC(C)(C)C. The fourth-order valence-corrected chi connectivity index (χ4v) is 3.27. The minimum atomic E-state index is -0.759. The molecular formula is C24H39N3O4. The van der Waals surface area contributed by atoms with Crippen LogP contribution in [0.2, 0.25) is 0 Å². The highest BCUT2D eigenvalue weighted by molar-refractivity contribution is 5.90. The molecule has 0 saturated heterocycles. The van der Waals surface area contributed by atoms with Crippen molar-refractivity contribution in [2.24, 2.45) is 0 Å². The van der Waals surface area contributed by atoms with Gasteiger partial charge in [0, 0.05) is 13.1 Å². The molecule has 0 aromatic heterocycles. The zero-order chi connectivity index (χ0) is 23.6. The summed E-state index contributed by atoms with van der Waals surface area (Å²) < 4.78 is 5.22. The van der Waals surface area contributed by atoms with Crippen molar-refractivity contribution in [3.8, 4) is 0 Å². The van der Waals surface area contributed by atoms with E-state index in [1.165, 1.54) is 0 Å². The third kappa shape index (κ3) is 8.99. The molecule has 0 bridgehead atoms. The molecule has 1 aromatic carbocycles. The fraction of sp³-hybridized carbons (Fsp3) is 0.625. The van der Waals surface area contributed by atoms with Gasteiger partial charge < -0.3 is 20.3 Å². The molecule has 31 heavy (non-hydrogen) atoms. The lowest BCUT2D eigenvalue weighted by Gasteiger charge is -2.32. The summed E-state index contributed by atoms with van der Waals surface area (Å²) in [4.78, 5) is 39.8. The number of benzene rings is 1. The Morgan fingerprint density at radius 2 is 1.74 bits per heavy atom. The van der Waals surface area contributed by atoms with E-state index in [1.54, 1.807) is 25.7 Å². The summed E-state index contributed by atoms with van der Waals surface area (Å²) in [7, 11) is 0. The molecule has 174 valence electrons. The standard InChI is InChI=1S/C24H39N3O4/c1-8-10-13-25-22(29)21(19-12-11-17(3)15-18(19)4)27(14-9-2)20(28)16-26-23(30)31-24(5,6)7/h11-12,15,21H,8-10,13-14,16H2,1-7H3,(H,25,29)(H,26,30). The third-order valence-electron chi connectivity index (χ3n) is 4.68. The van der Waals surface area contributed by atoms with Crippen molar-refractivity contribution in [1.82, 2.24) is 15.5 Å². The van der Waals surface area contributed by atoms with Crippen molar-refractivity contribution in [3.63, 3.8) is 0 Å². The van der Waals surface area contributed by atoms with Crippen LogP contribution in [-0.2, 0) is 14.3 Å². The second-order valence-corrected chi connectivity index (χ2v) is 8.85. The summed E-state index contributed by atoms with van der Waals surface area (Å²) in [5.41, 5.74) is 2.17. The Labute approximate surface area is 186 Å². The van der Waals surface area contributed by atoms with Crippen LogP contribution >= 0.6 is 0 Å². The van der Waals surface area contributed by atoms with E-state index < -0.39 is 17.7 Å². The van der Waals surface area contributed by atoms with Crippen LogP contribution in [0.1, 0.15) is 76.6 Å². The Morgan fingerprint density at radius 3 is 2.29 bits per heavy atom. The van der Waals surface area contributed by atoms with E-state index in [2.05, 4.69) is 17.6 Å². The zero-order valence-electron chi connectivity index (χ0n) is 20.1. The summed E-state index contributed by atoms with van der Waals surface area (Å²) in [6.45, 7) is 13.9. The van der Waals surface area contributed by atoms with E-state index in [1.807, 2.05) is 39.0 Å². The molecule has 3 amide bonds. The van der Waals surface area contributed by atoms with Gasteiger partial charge >= 0.3 is 6.09 Å². The molecule has 1 unspecified atom stereocenters. The largest absolute Gasteiger partial charge is 0.444 e. The predicted octanol–water partition coefficient (Wildman–Crippen LogP) is 4.02. The topological polar surface area (TPSA) is 87.7 Å². The first-order valence-electron chi connectivity index (χ1n) is 11.1. The van der Waals surface area contributed by atoms with Crippen LogP contribution in [0.15, 0.2) is 18.2 Å². The summed E-state index contributed by atoms with van der Waals surface area (Å²) in [5.74, 6) is -0.539. The molecule has 7 heteroatoms. The van der Waals surface area contributed by atoms with E-state index in [-0.39, 0.29) is 18.4 Å². The molecule has 0 aliphatic rings. The number of carbonyl (C=O) groups is 3. The highest BCUT2D eigenvalue weighted by Crippen LogP contribution is 2.26. The number of rotatable bonds is 10. The summed E-state index contributed by atoms with van der Waals surface area (Å²) >= 11 is 0. The molecule has 2 N–H and O–H groups in total. The first-order valence-corrected chi connectivity index (χ1v) is 11.1. The predicted molar refractivity (Wildman–Crippen MR) is 123 cm³/mol. The number of nitrogens with zero attached hydrogens (tertiary/aromatic N) is 1. The number of ether oxygens (including phenoxy) is 1. The molecule has 0 radical (unpaired) electrons. The minimum Gasteiger partial charge on any atom is -0.444 e. The van der Waals surface area contributed by atoms with Gasteiger partial charge in [-0.3, -0.25) is 9.59 Å². The van der Waals surface area contributed by atoms with Gasteiger partial charge in [-0.15, -0.1) is 0 Å². The molecule has 1 atom stereocenters. The number of amides is 3. The van der Waals surface area contributed by atoms with Gasteiger partial charge in [-0.2, -0.15) is 0 Å². The maximum absolute atomic E-state index is 13.2. The molecule has 0 aliphatic heterocycles. The minimum absolute atomic E-state index is 0.209. The Morgan fingerprint density at radius 1 is 1.06 bits per heavy atom. The number of aryl methyl sites for hydroxylation is 2. The second kappa shape index (κ2) is 12.3. The zero-order valence-corrected chi connectivity index (χ0v) is 20.1. The summed E-state index contributed by atoms with van der Waals surface area (Å²) in [6.07, 6.45) is 1.86. The monoisotopic (exact) mass is 433 g/mol. The molecule has 0 saturated carbocycles. The summed E-state index contributed by atoms with van der Waals surface area (Å²) in [5, 5.41) is 5.48. The molecule has 0 heterocycles. The number of hydrogen-bond donors (Lipinski definition) is 2. The van der Waals surface area contributed by atoms with Crippen LogP contribution < -0.4 is 10.6 Å². The van der Waals surface area contributed by atoms with Crippen molar-refractivity contribution in [2.45, 2.75) is 79.4 Å². The lowest BCUT2D eigenvalue weighted by Crippen LogP contribution is -2.48. The van der Waals surface area contributed by atoms with Crippen molar-refractivity contribution < 1.29 is 19.1 Å². The Balaban J connectivity index is 3.14. The second-order valence-electron chi connectivity index (χ2n) is 8.85. The molecular weight excluding hydrogens is 394 g/mol. The quantitative estimate of drug-likeness (QED) is 0.546. The van der Waals surface area contributed by atoms with Crippen LogP contribution in [0.5, 0.6) is 0 Å². The van der Waals surface area contributed by atoms with E-state index in [4.69, 9.17) is 4.74 Å². The van der Waals surface area contributed by atoms with Crippen molar-refractivity contribution >= 4 is 17.9 Å². The number of unbranched alkanes of at least 4 members (excludes halogenated alkanes) is 1. The van der Waals surface area contributed by atoms with Crippen LogP contribution in [0.4, 0.5) is 4.79 Å². The highest BCUT2D eigenvalue weighted by Gasteiger charge is 2.32. The number of hydrogen-bond acceptors (Lipinski definition) is 4. The van der Waals surface area contributed by atoms with Crippen LogP contribution in [0, 0.1) is 13.8 Å². The van der Waals surface area contributed by atoms with Gasteiger partial charge in [-0.05, 0) is 58.6 Å². The van der Waals surface area contributed by atoms with E-state index in [9.17, 15) is 14.4 Å². The first-order chi connectivity index (χ1) is 14.5. The molecule has 0 aliphatic carbocycles. The first kappa shape index (κ1) is 26.5. The van der Waals surface area contributed by atoms with Gasteiger partial charge in [-0.1, -0.05) is 44.0 Å². The van der Waals surface area contributed by atoms with Crippen LogP contribution in [0.3, 0.4) is 0 Å². The number of alkyl carbamates (subject to hydrolysis) is 1. The lowest BCUT2D eigenvalue weighted by atomic mass is 9.96. The smallest absolute Gasteiger partial charge is 0.408 e. The Hall–Kier alpha value is -2.57. The molecule has 1 aromatic rings. The normalized spacial score (nSPS) is 12.1. The van der Waals surface area contributed by atoms with Crippen molar-refractivity contribution in [3.05, 3.63) is 34.9 Å². The van der Waals surface area contributed by atoms with E-state index in [0.29, 0.717) is 19.5 Å². The van der Waals surface area contributed by atoms with E-state index >= 15 is 0 Å². The Kier molecular flexibility index (Phi) is 10.5. The van der Waals surface area contributed by atoms with Gasteiger partial charge in [0.05, 0.1) is 0 Å². The number of nitrogens with one attached hydrogen (secondary N) is 2. The van der Waals surface area contributed by atoms with Gasteiger partial charge in [0.1, 0.15) is 18.2 Å². The van der Waals surface area contributed by atoms with Gasteiger partial charge in [-0.25, -0.2) is 4.79 Å². The maximum atomic E-state index is 13.2. The van der Waals surface area contributed by atoms with Gasteiger partial charge in [0.25, 0.3) is 0 Å². The average Bonchev–Trinajstić information content (AvgIpc) is 2.66. The molecule has 7 nitrogen and oxygen atoms in total. The lowest BCUT2D eigenvalue weighted by molar-refractivity contribution is -0.140. The summed E-state index contributed by atoms with van der Waals surface area (Å²) in [6, 6.07) is 5.11.